The zero-order chi connectivity index (χ0) is 15.6. The van der Waals surface area contributed by atoms with Crippen LogP contribution in [0.5, 0.6) is 0 Å². The Morgan fingerprint density at radius 3 is 2.05 bits per heavy atom. The van der Waals surface area contributed by atoms with Gasteiger partial charge in [-0.1, -0.05) is 6.07 Å². The van der Waals surface area contributed by atoms with Crippen molar-refractivity contribution in [2.75, 3.05) is 11.9 Å². The van der Waals surface area contributed by atoms with Gasteiger partial charge in [-0.05, 0) is 49.2 Å². The van der Waals surface area contributed by atoms with E-state index in [1.54, 1.807) is 11.9 Å². The Morgan fingerprint density at radius 1 is 1.05 bits per heavy atom. The first-order chi connectivity index (χ1) is 9.88. The molecule has 0 radical (unpaired) electrons. The lowest BCUT2D eigenvalue weighted by molar-refractivity contribution is -0.384. The van der Waals surface area contributed by atoms with E-state index in [4.69, 9.17) is 0 Å². The van der Waals surface area contributed by atoms with E-state index in [-0.39, 0.29) is 11.6 Å². The number of aryl methyl sites for hydroxylation is 2. The molecule has 0 saturated heterocycles. The van der Waals surface area contributed by atoms with Crippen molar-refractivity contribution in [3.8, 4) is 0 Å². The van der Waals surface area contributed by atoms with Crippen LogP contribution in [0.3, 0.4) is 0 Å². The summed E-state index contributed by atoms with van der Waals surface area (Å²) in [5.74, 6) is -0.199. The first kappa shape index (κ1) is 14.7. The highest BCUT2D eigenvalue weighted by molar-refractivity contribution is 6.05. The number of benzene rings is 2. The van der Waals surface area contributed by atoms with Crippen molar-refractivity contribution in [3.63, 3.8) is 0 Å². The predicted octanol–water partition coefficient (Wildman–Crippen LogP) is 3.49. The lowest BCUT2D eigenvalue weighted by Crippen LogP contribution is -2.26. The van der Waals surface area contributed by atoms with Crippen molar-refractivity contribution in [1.29, 1.82) is 0 Å². The Balaban J connectivity index is 2.28. The quantitative estimate of drug-likeness (QED) is 0.640. The van der Waals surface area contributed by atoms with Gasteiger partial charge in [0.15, 0.2) is 0 Å². The summed E-state index contributed by atoms with van der Waals surface area (Å²) >= 11 is 0. The molecule has 0 fully saturated rings. The van der Waals surface area contributed by atoms with E-state index < -0.39 is 4.92 Å². The summed E-state index contributed by atoms with van der Waals surface area (Å²) in [6, 6.07) is 11.5. The van der Waals surface area contributed by atoms with Gasteiger partial charge in [-0.3, -0.25) is 14.9 Å². The summed E-state index contributed by atoms with van der Waals surface area (Å²) in [5.41, 5.74) is 3.35. The lowest BCUT2D eigenvalue weighted by Gasteiger charge is -2.18. The van der Waals surface area contributed by atoms with Crippen LogP contribution < -0.4 is 4.90 Å². The van der Waals surface area contributed by atoms with Crippen LogP contribution in [0.15, 0.2) is 42.5 Å². The Kier molecular flexibility index (Phi) is 4.03. The SMILES string of the molecule is Cc1cc(C)cc(N(C)C(=O)c2ccc([N+](=O)[O-])cc2)c1. The van der Waals surface area contributed by atoms with Crippen LogP contribution in [-0.4, -0.2) is 17.9 Å². The minimum atomic E-state index is -0.484. The molecule has 21 heavy (non-hydrogen) atoms. The predicted molar refractivity (Wildman–Crippen MR) is 81.7 cm³/mol. The highest BCUT2D eigenvalue weighted by Crippen LogP contribution is 2.20. The Labute approximate surface area is 123 Å². The molecule has 2 aromatic rings. The van der Waals surface area contributed by atoms with Gasteiger partial charge < -0.3 is 4.90 Å². The number of hydrogen-bond acceptors (Lipinski definition) is 3. The molecule has 0 aliphatic carbocycles. The van der Waals surface area contributed by atoms with E-state index in [9.17, 15) is 14.9 Å². The molecule has 1 amide bonds. The van der Waals surface area contributed by atoms with E-state index in [1.807, 2.05) is 32.0 Å². The fourth-order valence-electron chi connectivity index (χ4n) is 2.18. The normalized spacial score (nSPS) is 10.2. The number of hydrogen-bond donors (Lipinski definition) is 0. The molecule has 2 rings (SSSR count). The van der Waals surface area contributed by atoms with Crippen LogP contribution in [-0.2, 0) is 0 Å². The van der Waals surface area contributed by atoms with Gasteiger partial charge in [-0.2, -0.15) is 0 Å². The molecule has 0 N–H and O–H groups in total. The lowest BCUT2D eigenvalue weighted by atomic mass is 10.1. The molecule has 2 aromatic carbocycles. The van der Waals surface area contributed by atoms with Crippen molar-refractivity contribution in [1.82, 2.24) is 0 Å². The largest absolute Gasteiger partial charge is 0.311 e. The van der Waals surface area contributed by atoms with Crippen molar-refractivity contribution in [2.45, 2.75) is 13.8 Å². The highest BCUT2D eigenvalue weighted by Gasteiger charge is 2.15. The second-order valence-electron chi connectivity index (χ2n) is 5.01. The number of carbonyl (C=O) groups excluding carboxylic acids is 1. The first-order valence-corrected chi connectivity index (χ1v) is 6.49. The third kappa shape index (κ3) is 3.25. The third-order valence-electron chi connectivity index (χ3n) is 3.22. The Morgan fingerprint density at radius 2 is 1.57 bits per heavy atom. The van der Waals surface area contributed by atoms with Gasteiger partial charge in [0.05, 0.1) is 4.92 Å². The summed E-state index contributed by atoms with van der Waals surface area (Å²) in [5, 5.41) is 10.6. The van der Waals surface area contributed by atoms with E-state index in [0.29, 0.717) is 5.56 Å². The van der Waals surface area contributed by atoms with Crippen LogP contribution in [0.25, 0.3) is 0 Å². The van der Waals surface area contributed by atoms with E-state index in [1.165, 1.54) is 24.3 Å². The number of nitro benzene ring substituents is 1. The Hall–Kier alpha value is -2.69. The van der Waals surface area contributed by atoms with Gasteiger partial charge in [0.2, 0.25) is 0 Å². The van der Waals surface area contributed by atoms with Crippen LogP contribution in [0, 0.1) is 24.0 Å². The number of carbonyl (C=O) groups is 1. The fraction of sp³-hybridized carbons (Fsp3) is 0.188. The van der Waals surface area contributed by atoms with Crippen LogP contribution in [0.4, 0.5) is 11.4 Å². The number of non-ortho nitro benzene ring substituents is 1. The molecular weight excluding hydrogens is 268 g/mol. The van der Waals surface area contributed by atoms with Gasteiger partial charge in [-0.25, -0.2) is 0 Å². The summed E-state index contributed by atoms with van der Waals surface area (Å²) in [6.07, 6.45) is 0. The average molecular weight is 284 g/mol. The van der Waals surface area contributed by atoms with Gasteiger partial charge >= 0.3 is 0 Å². The number of amides is 1. The maximum Gasteiger partial charge on any atom is 0.269 e. The second-order valence-corrected chi connectivity index (χ2v) is 5.01. The molecule has 0 unspecified atom stereocenters. The maximum atomic E-state index is 12.4. The highest BCUT2D eigenvalue weighted by atomic mass is 16.6. The molecule has 0 aliphatic rings. The number of anilines is 1. The van der Waals surface area contributed by atoms with E-state index in [0.717, 1.165) is 16.8 Å². The molecule has 0 aliphatic heterocycles. The smallest absolute Gasteiger partial charge is 0.269 e. The Bertz CT molecular complexity index is 673. The van der Waals surface area contributed by atoms with Gasteiger partial charge in [0.25, 0.3) is 11.6 Å². The van der Waals surface area contributed by atoms with Crippen molar-refractivity contribution >= 4 is 17.3 Å². The van der Waals surface area contributed by atoms with Crippen molar-refractivity contribution in [2.24, 2.45) is 0 Å². The number of nitrogens with zero attached hydrogens (tertiary/aromatic N) is 2. The molecule has 0 spiro atoms. The van der Waals surface area contributed by atoms with Crippen LogP contribution in [0.1, 0.15) is 21.5 Å². The van der Waals surface area contributed by atoms with Gasteiger partial charge in [0.1, 0.15) is 0 Å². The van der Waals surface area contributed by atoms with E-state index >= 15 is 0 Å². The standard InChI is InChI=1S/C16H16N2O3/c1-11-8-12(2)10-15(9-11)17(3)16(19)13-4-6-14(7-5-13)18(20)21/h4-10H,1-3H3. The minimum Gasteiger partial charge on any atom is -0.311 e. The number of rotatable bonds is 3. The zero-order valence-electron chi connectivity index (χ0n) is 12.2. The fourth-order valence-corrected chi connectivity index (χ4v) is 2.18. The minimum absolute atomic E-state index is 0.0272. The van der Waals surface area contributed by atoms with Gasteiger partial charge in [-0.15, -0.1) is 0 Å². The maximum absolute atomic E-state index is 12.4. The molecule has 108 valence electrons. The zero-order valence-corrected chi connectivity index (χ0v) is 12.2. The molecule has 0 aromatic heterocycles. The monoisotopic (exact) mass is 284 g/mol. The molecule has 0 saturated carbocycles. The number of nitro groups is 1. The molecule has 0 heterocycles. The average Bonchev–Trinajstić information content (AvgIpc) is 2.44. The summed E-state index contributed by atoms with van der Waals surface area (Å²) in [7, 11) is 1.69. The third-order valence-corrected chi connectivity index (χ3v) is 3.22. The van der Waals surface area contributed by atoms with Crippen LogP contribution >= 0.6 is 0 Å². The summed E-state index contributed by atoms with van der Waals surface area (Å²) < 4.78 is 0. The molecular formula is C16H16N2O3. The molecule has 0 atom stereocenters. The molecule has 0 bridgehead atoms. The molecule has 5 nitrogen and oxygen atoms in total. The summed E-state index contributed by atoms with van der Waals surface area (Å²) in [6.45, 7) is 3.95. The van der Waals surface area contributed by atoms with E-state index in [2.05, 4.69) is 0 Å². The molecule has 5 heteroatoms. The van der Waals surface area contributed by atoms with Crippen molar-refractivity contribution < 1.29 is 9.72 Å². The summed E-state index contributed by atoms with van der Waals surface area (Å²) in [4.78, 5) is 24.1. The second kappa shape index (κ2) is 5.75. The van der Waals surface area contributed by atoms with Crippen LogP contribution in [0.2, 0.25) is 0 Å². The topological polar surface area (TPSA) is 63.5 Å². The first-order valence-electron chi connectivity index (χ1n) is 6.49. The van der Waals surface area contributed by atoms with Gasteiger partial charge in [0, 0.05) is 30.4 Å². The van der Waals surface area contributed by atoms with Crippen molar-refractivity contribution in [3.05, 3.63) is 69.3 Å².